The molecule has 0 spiro atoms. The standard InChI is InChI=1S/C26H35F3N4O5SSi/c1-40(2)14-10-32(11-15-40)23-17-19(31-39(37,38)13-12-34)6-8-21(23)24(35)30-22-4-3-9-33(25(22)36)20-7-5-18(16-20)26(27,28)29/h3-4,6,8-9,17-18,20,31,34H,5,7,10-16H2,1-2H3,(H,30,35)/t18-,20+/m0/s1. The summed E-state index contributed by atoms with van der Waals surface area (Å²) in [4.78, 5) is 28.7. The smallest absolute Gasteiger partial charge is 0.391 e. The largest absolute Gasteiger partial charge is 0.395 e. The van der Waals surface area contributed by atoms with Crippen LogP contribution in [0.1, 0.15) is 35.7 Å². The average molecular weight is 601 g/mol. The van der Waals surface area contributed by atoms with Crippen LogP contribution in [-0.4, -0.2) is 63.7 Å². The highest BCUT2D eigenvalue weighted by molar-refractivity contribution is 7.92. The van der Waals surface area contributed by atoms with Crippen LogP contribution >= 0.6 is 0 Å². The lowest BCUT2D eigenvalue weighted by Gasteiger charge is -2.38. The Labute approximate surface area is 232 Å². The minimum Gasteiger partial charge on any atom is -0.395 e. The number of hydrogen-bond acceptors (Lipinski definition) is 6. The maximum Gasteiger partial charge on any atom is 0.391 e. The van der Waals surface area contributed by atoms with Gasteiger partial charge in [-0.25, -0.2) is 8.42 Å². The van der Waals surface area contributed by atoms with Crippen LogP contribution < -0.4 is 20.5 Å². The van der Waals surface area contributed by atoms with E-state index in [1.807, 2.05) is 4.90 Å². The van der Waals surface area contributed by atoms with Crippen LogP contribution in [0.3, 0.4) is 0 Å². The van der Waals surface area contributed by atoms with Crippen LogP contribution in [-0.2, 0) is 10.0 Å². The second kappa shape index (κ2) is 11.6. The Balaban J connectivity index is 1.61. The number of rotatable bonds is 8. The predicted molar refractivity (Wildman–Crippen MR) is 151 cm³/mol. The van der Waals surface area contributed by atoms with Crippen molar-refractivity contribution in [2.24, 2.45) is 5.92 Å². The molecule has 14 heteroatoms. The third-order valence-corrected chi connectivity index (χ3v) is 12.2. The Morgan fingerprint density at radius 2 is 1.85 bits per heavy atom. The first-order chi connectivity index (χ1) is 18.7. The molecule has 1 saturated carbocycles. The maximum atomic E-state index is 13.5. The van der Waals surface area contributed by atoms with Gasteiger partial charge in [-0.3, -0.25) is 14.3 Å². The number of pyridine rings is 1. The number of aliphatic hydroxyl groups is 1. The molecule has 40 heavy (non-hydrogen) atoms. The summed E-state index contributed by atoms with van der Waals surface area (Å²) in [6, 6.07) is 8.78. The van der Waals surface area contributed by atoms with E-state index in [1.165, 1.54) is 35.0 Å². The van der Waals surface area contributed by atoms with Crippen molar-refractivity contribution in [3.05, 3.63) is 52.4 Å². The monoisotopic (exact) mass is 600 g/mol. The van der Waals surface area contributed by atoms with E-state index in [2.05, 4.69) is 23.1 Å². The number of carbonyl (C=O) groups excluding carboxylic acids is 1. The number of nitrogens with zero attached hydrogens (tertiary/aromatic N) is 2. The fourth-order valence-corrected chi connectivity index (χ4v) is 8.17. The van der Waals surface area contributed by atoms with Crippen molar-refractivity contribution in [3.63, 3.8) is 0 Å². The number of anilines is 3. The fraction of sp³-hybridized carbons (Fsp3) is 0.538. The van der Waals surface area contributed by atoms with Crippen molar-refractivity contribution >= 4 is 41.1 Å². The van der Waals surface area contributed by atoms with Crippen LogP contribution in [0.5, 0.6) is 0 Å². The van der Waals surface area contributed by atoms with Crippen LogP contribution in [0.15, 0.2) is 41.3 Å². The third-order valence-electron chi connectivity index (χ3n) is 7.82. The van der Waals surface area contributed by atoms with E-state index in [9.17, 15) is 31.2 Å². The van der Waals surface area contributed by atoms with Gasteiger partial charge in [-0.05, 0) is 61.7 Å². The Bertz CT molecular complexity index is 1400. The molecule has 1 aliphatic carbocycles. The predicted octanol–water partition coefficient (Wildman–Crippen LogP) is 4.27. The molecule has 1 saturated heterocycles. The zero-order chi connectivity index (χ0) is 29.3. The molecule has 2 aromatic rings. The van der Waals surface area contributed by atoms with Gasteiger partial charge < -0.3 is 19.9 Å². The van der Waals surface area contributed by atoms with Crippen LogP contribution in [0.4, 0.5) is 30.2 Å². The van der Waals surface area contributed by atoms with E-state index in [-0.39, 0.29) is 36.2 Å². The molecule has 1 aliphatic heterocycles. The molecule has 0 unspecified atom stereocenters. The minimum absolute atomic E-state index is 0.0474. The first-order valence-corrected chi connectivity index (χ1v) is 18.4. The van der Waals surface area contributed by atoms with Crippen molar-refractivity contribution in [1.29, 1.82) is 0 Å². The topological polar surface area (TPSA) is 121 Å². The molecular formula is C26H35F3N4O5SSi. The SMILES string of the molecule is C[Si]1(C)CCN(c2cc(NS(=O)(=O)CCO)ccc2C(=O)Nc2cccn([C@@H]3CC[C@H](C(F)(F)F)C3)c2=O)CC1. The Kier molecular flexibility index (Phi) is 8.71. The summed E-state index contributed by atoms with van der Waals surface area (Å²) < 4.78 is 67.7. The van der Waals surface area contributed by atoms with Gasteiger partial charge in [-0.2, -0.15) is 13.2 Å². The van der Waals surface area contributed by atoms with Gasteiger partial charge in [0.25, 0.3) is 11.5 Å². The number of hydrogen-bond donors (Lipinski definition) is 3. The van der Waals surface area contributed by atoms with Gasteiger partial charge in [0, 0.05) is 25.3 Å². The highest BCUT2D eigenvalue weighted by Crippen LogP contribution is 2.43. The fourth-order valence-electron chi connectivity index (χ4n) is 5.34. The zero-order valence-electron chi connectivity index (χ0n) is 22.5. The molecule has 1 aromatic carbocycles. The average Bonchev–Trinajstić information content (AvgIpc) is 3.36. The second-order valence-electron chi connectivity index (χ2n) is 11.3. The molecule has 2 aliphatic rings. The van der Waals surface area contributed by atoms with Crippen molar-refractivity contribution in [2.75, 3.05) is 40.4 Å². The van der Waals surface area contributed by atoms with E-state index in [4.69, 9.17) is 5.11 Å². The van der Waals surface area contributed by atoms with Crippen LogP contribution in [0.2, 0.25) is 25.2 Å². The lowest BCUT2D eigenvalue weighted by atomic mass is 10.1. The molecule has 0 bridgehead atoms. The van der Waals surface area contributed by atoms with Crippen LogP contribution in [0.25, 0.3) is 0 Å². The van der Waals surface area contributed by atoms with E-state index in [0.29, 0.717) is 18.8 Å². The zero-order valence-corrected chi connectivity index (χ0v) is 24.3. The molecule has 0 radical (unpaired) electrons. The summed E-state index contributed by atoms with van der Waals surface area (Å²) in [6.07, 6.45) is -2.89. The normalized spacial score (nSPS) is 21.3. The minimum atomic E-state index is -4.31. The number of benzene rings is 1. The van der Waals surface area contributed by atoms with Gasteiger partial charge in [-0.15, -0.1) is 0 Å². The van der Waals surface area contributed by atoms with Crippen molar-refractivity contribution in [3.8, 4) is 0 Å². The lowest BCUT2D eigenvalue weighted by Crippen LogP contribution is -2.43. The number of nitrogens with one attached hydrogen (secondary N) is 2. The molecule has 220 valence electrons. The quantitative estimate of drug-likeness (QED) is 0.390. The number of aromatic nitrogens is 1. The number of aliphatic hydroxyl groups excluding tert-OH is 1. The lowest BCUT2D eigenvalue weighted by molar-refractivity contribution is -0.173. The second-order valence-corrected chi connectivity index (χ2v) is 18.5. The van der Waals surface area contributed by atoms with E-state index < -0.39 is 60.1 Å². The highest BCUT2D eigenvalue weighted by atomic mass is 32.2. The van der Waals surface area contributed by atoms with Gasteiger partial charge in [0.2, 0.25) is 10.0 Å². The number of sulfonamides is 1. The van der Waals surface area contributed by atoms with Gasteiger partial charge >= 0.3 is 6.18 Å². The summed E-state index contributed by atoms with van der Waals surface area (Å²) in [5.41, 5.74) is 0.355. The third kappa shape index (κ3) is 7.07. The number of amides is 1. The highest BCUT2D eigenvalue weighted by Gasteiger charge is 2.44. The molecule has 3 N–H and O–H groups in total. The van der Waals surface area contributed by atoms with Crippen molar-refractivity contribution in [1.82, 2.24) is 4.57 Å². The molecular weight excluding hydrogens is 565 g/mol. The van der Waals surface area contributed by atoms with Gasteiger partial charge in [0.1, 0.15) is 5.69 Å². The van der Waals surface area contributed by atoms with Crippen molar-refractivity contribution in [2.45, 2.75) is 56.7 Å². The molecule has 4 rings (SSSR count). The van der Waals surface area contributed by atoms with Crippen molar-refractivity contribution < 1.29 is 31.5 Å². The van der Waals surface area contributed by atoms with Gasteiger partial charge in [0.15, 0.2) is 0 Å². The number of halogens is 3. The van der Waals surface area contributed by atoms with E-state index in [0.717, 1.165) is 12.1 Å². The number of carbonyl (C=O) groups is 1. The molecule has 9 nitrogen and oxygen atoms in total. The molecule has 1 aromatic heterocycles. The summed E-state index contributed by atoms with van der Waals surface area (Å²) in [5, 5.41) is 11.7. The summed E-state index contributed by atoms with van der Waals surface area (Å²) in [6.45, 7) is 5.41. The van der Waals surface area contributed by atoms with E-state index in [1.54, 1.807) is 6.07 Å². The van der Waals surface area contributed by atoms with E-state index >= 15 is 0 Å². The molecule has 2 heterocycles. The summed E-state index contributed by atoms with van der Waals surface area (Å²) in [7, 11) is -5.16. The Morgan fingerprint density at radius 1 is 1.15 bits per heavy atom. The Hall–Kier alpha value is -2.84. The molecule has 2 fully saturated rings. The first kappa shape index (κ1) is 30.1. The van der Waals surface area contributed by atoms with Crippen LogP contribution in [0, 0.1) is 5.92 Å². The first-order valence-electron chi connectivity index (χ1n) is 13.3. The maximum absolute atomic E-state index is 13.5. The Morgan fingerprint density at radius 3 is 2.48 bits per heavy atom. The molecule has 2 atom stereocenters. The summed E-state index contributed by atoms with van der Waals surface area (Å²) in [5.74, 6) is -2.52. The van der Waals surface area contributed by atoms with Gasteiger partial charge in [-0.1, -0.05) is 13.1 Å². The van der Waals surface area contributed by atoms with Gasteiger partial charge in [0.05, 0.1) is 43.3 Å². The summed E-state index contributed by atoms with van der Waals surface area (Å²) >= 11 is 0. The molecule has 1 amide bonds. The number of alkyl halides is 3.